The molecule has 0 aliphatic rings. The van der Waals surface area contributed by atoms with Crippen molar-refractivity contribution in [1.82, 2.24) is 10.4 Å². The van der Waals surface area contributed by atoms with Gasteiger partial charge >= 0.3 is 0 Å². The molecule has 120 valence electrons. The number of benzene rings is 1. The van der Waals surface area contributed by atoms with Crippen LogP contribution in [0.15, 0.2) is 41.6 Å². The molecule has 1 aromatic heterocycles. The van der Waals surface area contributed by atoms with Gasteiger partial charge in [0.1, 0.15) is 0 Å². The highest BCUT2D eigenvalue weighted by molar-refractivity contribution is 6.36. The smallest absolute Gasteiger partial charge is 0.240 e. The van der Waals surface area contributed by atoms with E-state index in [0.717, 1.165) is 5.69 Å². The fourth-order valence-electron chi connectivity index (χ4n) is 1.68. The number of H-pyrrole nitrogens is 1. The maximum Gasteiger partial charge on any atom is 0.240 e. The quantitative estimate of drug-likeness (QED) is 0.550. The summed E-state index contributed by atoms with van der Waals surface area (Å²) in [6.07, 6.45) is 3.25. The van der Waals surface area contributed by atoms with Gasteiger partial charge in [0.15, 0.2) is 0 Å². The Morgan fingerprint density at radius 1 is 1.17 bits per heavy atom. The summed E-state index contributed by atoms with van der Waals surface area (Å²) >= 11 is 11.7. The molecule has 2 aromatic rings. The molecule has 23 heavy (non-hydrogen) atoms. The second kappa shape index (κ2) is 8.36. The predicted octanol–water partition coefficient (Wildman–Crippen LogP) is 3.19. The molecular formula is C15H14Cl2N4O2. The van der Waals surface area contributed by atoms with E-state index in [1.54, 1.807) is 24.4 Å². The lowest BCUT2D eigenvalue weighted by Gasteiger charge is -2.07. The van der Waals surface area contributed by atoms with Gasteiger partial charge in [0.25, 0.3) is 0 Å². The summed E-state index contributed by atoms with van der Waals surface area (Å²) in [7, 11) is 0. The lowest BCUT2D eigenvalue weighted by atomic mass is 10.2. The van der Waals surface area contributed by atoms with E-state index in [1.165, 1.54) is 12.3 Å². The fraction of sp³-hybridized carbons (Fsp3) is 0.133. The van der Waals surface area contributed by atoms with Gasteiger partial charge in [-0.1, -0.05) is 23.2 Å². The van der Waals surface area contributed by atoms with Crippen molar-refractivity contribution in [3.63, 3.8) is 0 Å². The number of halogens is 2. The average molecular weight is 353 g/mol. The summed E-state index contributed by atoms with van der Waals surface area (Å²) in [5.74, 6) is -0.678. The van der Waals surface area contributed by atoms with Crippen LogP contribution in [0.4, 0.5) is 5.69 Å². The zero-order valence-corrected chi connectivity index (χ0v) is 13.5. The Hall–Kier alpha value is -2.31. The van der Waals surface area contributed by atoms with Crippen molar-refractivity contribution < 1.29 is 9.59 Å². The highest BCUT2D eigenvalue weighted by Gasteiger charge is 2.09. The van der Waals surface area contributed by atoms with E-state index in [0.29, 0.717) is 15.7 Å². The van der Waals surface area contributed by atoms with Gasteiger partial charge in [-0.15, -0.1) is 0 Å². The van der Waals surface area contributed by atoms with Crippen molar-refractivity contribution in [2.75, 3.05) is 5.32 Å². The van der Waals surface area contributed by atoms with Crippen LogP contribution in [-0.4, -0.2) is 23.0 Å². The van der Waals surface area contributed by atoms with E-state index >= 15 is 0 Å². The van der Waals surface area contributed by atoms with E-state index < -0.39 is 0 Å². The molecule has 3 N–H and O–H groups in total. The molecule has 1 heterocycles. The van der Waals surface area contributed by atoms with Crippen LogP contribution >= 0.6 is 23.2 Å². The van der Waals surface area contributed by atoms with Crippen molar-refractivity contribution in [2.24, 2.45) is 5.10 Å². The number of hydrogen-bond donors (Lipinski definition) is 3. The number of aromatic nitrogens is 1. The molecular weight excluding hydrogens is 339 g/mol. The minimum atomic E-state index is -0.356. The molecule has 0 unspecified atom stereocenters. The van der Waals surface area contributed by atoms with Crippen LogP contribution in [0.3, 0.4) is 0 Å². The lowest BCUT2D eigenvalue weighted by molar-refractivity contribution is -0.124. The largest absolute Gasteiger partial charge is 0.360 e. The summed E-state index contributed by atoms with van der Waals surface area (Å²) in [5, 5.41) is 7.21. The van der Waals surface area contributed by atoms with E-state index in [4.69, 9.17) is 23.2 Å². The number of anilines is 1. The number of carbonyl (C=O) groups is 2. The highest BCUT2D eigenvalue weighted by atomic mass is 35.5. The number of carbonyl (C=O) groups excluding carboxylic acids is 2. The van der Waals surface area contributed by atoms with Gasteiger partial charge < -0.3 is 10.3 Å². The van der Waals surface area contributed by atoms with Crippen molar-refractivity contribution in [3.8, 4) is 0 Å². The van der Waals surface area contributed by atoms with Crippen LogP contribution in [0, 0.1) is 0 Å². The van der Waals surface area contributed by atoms with Crippen molar-refractivity contribution >= 4 is 46.9 Å². The Morgan fingerprint density at radius 2 is 1.96 bits per heavy atom. The molecule has 1 aromatic carbocycles. The van der Waals surface area contributed by atoms with Gasteiger partial charge in [-0.25, -0.2) is 5.43 Å². The standard InChI is InChI=1S/C15H14Cl2N4O2/c16-10-3-4-13(12(17)8-10)20-14(22)5-6-15(23)21-19-9-11-2-1-7-18-11/h1-4,7-9,18H,5-6H2,(H,20,22)(H,21,23)/b19-9+. The number of nitrogens with zero attached hydrogens (tertiary/aromatic N) is 1. The molecule has 0 fully saturated rings. The van der Waals surface area contributed by atoms with Crippen LogP contribution in [0.1, 0.15) is 18.5 Å². The Balaban J connectivity index is 1.74. The third kappa shape index (κ3) is 5.77. The zero-order valence-electron chi connectivity index (χ0n) is 12.0. The molecule has 0 spiro atoms. The van der Waals surface area contributed by atoms with E-state index in [9.17, 15) is 9.59 Å². The monoisotopic (exact) mass is 352 g/mol. The Morgan fingerprint density at radius 3 is 2.65 bits per heavy atom. The second-order valence-electron chi connectivity index (χ2n) is 4.59. The first-order valence-corrected chi connectivity index (χ1v) is 7.50. The SMILES string of the molecule is O=C(CCC(=O)Nc1ccc(Cl)cc1Cl)N/N=C/c1ccc[nH]1. The summed E-state index contributed by atoms with van der Waals surface area (Å²) < 4.78 is 0. The van der Waals surface area contributed by atoms with Crippen molar-refractivity contribution in [2.45, 2.75) is 12.8 Å². The number of hydrogen-bond acceptors (Lipinski definition) is 3. The minimum Gasteiger partial charge on any atom is -0.360 e. The summed E-state index contributed by atoms with van der Waals surface area (Å²) in [6.45, 7) is 0. The summed E-state index contributed by atoms with van der Waals surface area (Å²) in [5.41, 5.74) is 3.56. The predicted molar refractivity (Wildman–Crippen MR) is 90.9 cm³/mol. The molecule has 0 bridgehead atoms. The van der Waals surface area contributed by atoms with Gasteiger partial charge in [0, 0.05) is 24.1 Å². The molecule has 0 radical (unpaired) electrons. The maximum atomic E-state index is 11.8. The first-order valence-electron chi connectivity index (χ1n) is 6.75. The van der Waals surface area contributed by atoms with Gasteiger partial charge in [-0.3, -0.25) is 9.59 Å². The highest BCUT2D eigenvalue weighted by Crippen LogP contribution is 2.25. The maximum absolute atomic E-state index is 11.8. The number of aromatic amines is 1. The molecule has 0 aliphatic heterocycles. The number of rotatable bonds is 6. The fourth-order valence-corrected chi connectivity index (χ4v) is 2.14. The minimum absolute atomic E-state index is 0.0130. The van der Waals surface area contributed by atoms with Crippen LogP contribution in [-0.2, 0) is 9.59 Å². The molecule has 2 amide bonds. The lowest BCUT2D eigenvalue weighted by Crippen LogP contribution is -2.20. The average Bonchev–Trinajstić information content (AvgIpc) is 3.01. The Labute approximate surface area is 142 Å². The number of hydrazone groups is 1. The molecule has 0 aliphatic carbocycles. The molecule has 8 heteroatoms. The van der Waals surface area contributed by atoms with Gasteiger partial charge in [0.2, 0.25) is 11.8 Å². The van der Waals surface area contributed by atoms with E-state index in [2.05, 4.69) is 20.8 Å². The first-order chi connectivity index (χ1) is 11.0. The number of nitrogens with one attached hydrogen (secondary N) is 3. The first kappa shape index (κ1) is 17.1. The summed E-state index contributed by atoms with van der Waals surface area (Å²) in [6, 6.07) is 8.36. The molecule has 2 rings (SSSR count). The summed E-state index contributed by atoms with van der Waals surface area (Å²) in [4.78, 5) is 26.3. The van der Waals surface area contributed by atoms with Crippen molar-refractivity contribution in [1.29, 1.82) is 0 Å². The van der Waals surface area contributed by atoms with Gasteiger partial charge in [-0.2, -0.15) is 5.10 Å². The third-order valence-electron chi connectivity index (χ3n) is 2.80. The van der Waals surface area contributed by atoms with E-state index in [-0.39, 0.29) is 24.7 Å². The Bertz CT molecular complexity index is 714. The topological polar surface area (TPSA) is 86.3 Å². The van der Waals surface area contributed by atoms with Crippen LogP contribution in [0.5, 0.6) is 0 Å². The second-order valence-corrected chi connectivity index (χ2v) is 5.43. The molecule has 6 nitrogen and oxygen atoms in total. The molecule has 0 saturated heterocycles. The molecule has 0 saturated carbocycles. The van der Waals surface area contributed by atoms with Gasteiger partial charge in [-0.05, 0) is 30.3 Å². The normalized spacial score (nSPS) is 10.7. The Kier molecular flexibility index (Phi) is 6.19. The van der Waals surface area contributed by atoms with Crippen LogP contribution < -0.4 is 10.7 Å². The van der Waals surface area contributed by atoms with Crippen LogP contribution in [0.25, 0.3) is 0 Å². The van der Waals surface area contributed by atoms with E-state index in [1.807, 2.05) is 6.07 Å². The third-order valence-corrected chi connectivity index (χ3v) is 3.35. The van der Waals surface area contributed by atoms with Crippen molar-refractivity contribution in [3.05, 3.63) is 52.3 Å². The van der Waals surface area contributed by atoms with Gasteiger partial charge in [0.05, 0.1) is 22.6 Å². The zero-order chi connectivity index (χ0) is 16.7. The van der Waals surface area contributed by atoms with Crippen LogP contribution in [0.2, 0.25) is 10.0 Å². The number of amides is 2. The molecule has 0 atom stereocenters.